The maximum absolute atomic E-state index is 4.70. The molecule has 0 amide bonds. The molecular formula is C18H31IN4. The smallest absolute Gasteiger partial charge is 0.193 e. The lowest BCUT2D eigenvalue weighted by Crippen LogP contribution is -2.42. The molecule has 1 aromatic rings. The highest BCUT2D eigenvalue weighted by molar-refractivity contribution is 14.0. The van der Waals surface area contributed by atoms with Crippen LogP contribution in [0.1, 0.15) is 25.3 Å². The summed E-state index contributed by atoms with van der Waals surface area (Å²) in [5.41, 5.74) is 1.24. The molecular weight excluding hydrogens is 399 g/mol. The van der Waals surface area contributed by atoms with Crippen LogP contribution in [0.15, 0.2) is 35.3 Å². The van der Waals surface area contributed by atoms with E-state index < -0.39 is 0 Å². The monoisotopic (exact) mass is 430 g/mol. The maximum atomic E-state index is 4.70. The van der Waals surface area contributed by atoms with Gasteiger partial charge in [-0.15, -0.1) is 24.0 Å². The average molecular weight is 430 g/mol. The van der Waals surface area contributed by atoms with Crippen molar-refractivity contribution in [3.05, 3.63) is 35.9 Å². The summed E-state index contributed by atoms with van der Waals surface area (Å²) >= 11 is 0. The number of halogens is 1. The summed E-state index contributed by atoms with van der Waals surface area (Å²) in [5, 5.41) is 3.48. The molecule has 4 nitrogen and oxygen atoms in total. The summed E-state index contributed by atoms with van der Waals surface area (Å²) in [6, 6.07) is 10.4. The van der Waals surface area contributed by atoms with Crippen LogP contribution < -0.4 is 5.32 Å². The van der Waals surface area contributed by atoms with Gasteiger partial charge in [-0.2, -0.15) is 0 Å². The first-order valence-corrected chi connectivity index (χ1v) is 8.37. The summed E-state index contributed by atoms with van der Waals surface area (Å²) in [5.74, 6) is 1.86. The van der Waals surface area contributed by atoms with E-state index in [-0.39, 0.29) is 24.0 Å². The van der Waals surface area contributed by atoms with Gasteiger partial charge < -0.3 is 15.1 Å². The third kappa shape index (κ3) is 7.52. The van der Waals surface area contributed by atoms with Gasteiger partial charge in [-0.1, -0.05) is 37.3 Å². The van der Waals surface area contributed by atoms with Gasteiger partial charge in [0.2, 0.25) is 0 Å². The molecule has 1 heterocycles. The first-order chi connectivity index (χ1) is 10.6. The third-order valence-corrected chi connectivity index (χ3v) is 4.27. The van der Waals surface area contributed by atoms with E-state index in [4.69, 9.17) is 4.99 Å². The second-order valence-electron chi connectivity index (χ2n) is 6.47. The van der Waals surface area contributed by atoms with Crippen LogP contribution in [0.3, 0.4) is 0 Å². The fraction of sp³-hybridized carbons (Fsp3) is 0.611. The predicted molar refractivity (Wildman–Crippen MR) is 110 cm³/mol. The lowest BCUT2D eigenvalue weighted by atomic mass is 9.99. The van der Waals surface area contributed by atoms with Crippen molar-refractivity contribution in [2.24, 2.45) is 10.9 Å². The lowest BCUT2D eigenvalue weighted by molar-refractivity contribution is 0.195. The van der Waals surface area contributed by atoms with Gasteiger partial charge in [0.25, 0.3) is 0 Å². The molecule has 0 unspecified atom stereocenters. The van der Waals surface area contributed by atoms with Crippen LogP contribution in [0.2, 0.25) is 0 Å². The Hall–Kier alpha value is -0.820. The van der Waals surface area contributed by atoms with Gasteiger partial charge in [0.05, 0.1) is 6.54 Å². The molecule has 0 bridgehead atoms. The zero-order chi connectivity index (χ0) is 15.8. The second-order valence-corrected chi connectivity index (χ2v) is 6.47. The van der Waals surface area contributed by atoms with Crippen molar-refractivity contribution in [3.8, 4) is 0 Å². The molecule has 2 rings (SSSR count). The fourth-order valence-corrected chi connectivity index (χ4v) is 2.72. The maximum Gasteiger partial charge on any atom is 0.193 e. The molecule has 5 heteroatoms. The van der Waals surface area contributed by atoms with Crippen LogP contribution in [0.4, 0.5) is 0 Å². The molecule has 1 fully saturated rings. The molecule has 23 heavy (non-hydrogen) atoms. The van der Waals surface area contributed by atoms with Gasteiger partial charge in [-0.25, -0.2) is 4.99 Å². The number of rotatable bonds is 5. The number of benzene rings is 1. The number of nitrogens with zero attached hydrogens (tertiary/aromatic N) is 3. The summed E-state index contributed by atoms with van der Waals surface area (Å²) in [7, 11) is 4.08. The van der Waals surface area contributed by atoms with Crippen molar-refractivity contribution >= 4 is 29.9 Å². The molecule has 1 aromatic carbocycles. The van der Waals surface area contributed by atoms with Crippen LogP contribution in [-0.4, -0.2) is 56.0 Å². The van der Waals surface area contributed by atoms with E-state index in [0.29, 0.717) is 0 Å². The predicted octanol–water partition coefficient (Wildman–Crippen LogP) is 3.04. The Morgan fingerprint density at radius 2 is 1.87 bits per heavy atom. The SMILES string of the molecule is CC1CCN(CCNC(=NCc2ccccc2)N(C)C)CC1.I. The minimum atomic E-state index is 0. The van der Waals surface area contributed by atoms with Gasteiger partial charge in [-0.05, 0) is 37.4 Å². The Morgan fingerprint density at radius 3 is 2.48 bits per heavy atom. The van der Waals surface area contributed by atoms with Crippen molar-refractivity contribution in [3.63, 3.8) is 0 Å². The number of likely N-dealkylation sites (tertiary alicyclic amines) is 1. The highest BCUT2D eigenvalue weighted by Crippen LogP contribution is 2.15. The van der Waals surface area contributed by atoms with Crippen LogP contribution in [0.25, 0.3) is 0 Å². The van der Waals surface area contributed by atoms with E-state index in [1.807, 2.05) is 20.2 Å². The molecule has 1 saturated heterocycles. The van der Waals surface area contributed by atoms with Crippen molar-refractivity contribution in [1.29, 1.82) is 0 Å². The summed E-state index contributed by atoms with van der Waals surface area (Å²) in [4.78, 5) is 9.31. The van der Waals surface area contributed by atoms with Gasteiger partial charge in [0.1, 0.15) is 0 Å². The Kier molecular flexibility index (Phi) is 9.55. The largest absolute Gasteiger partial charge is 0.355 e. The van der Waals surface area contributed by atoms with E-state index >= 15 is 0 Å². The number of guanidine groups is 1. The normalized spacial score (nSPS) is 16.7. The standard InChI is InChI=1S/C18H30N4.HI/c1-16-9-12-22(13-10-16)14-11-19-18(21(2)3)20-15-17-7-5-4-6-8-17;/h4-8,16H,9-15H2,1-3H3,(H,19,20);1H. The fourth-order valence-electron chi connectivity index (χ4n) is 2.72. The third-order valence-electron chi connectivity index (χ3n) is 4.27. The van der Waals surface area contributed by atoms with Crippen LogP contribution >= 0.6 is 24.0 Å². The lowest BCUT2D eigenvalue weighted by Gasteiger charge is -2.30. The second kappa shape index (κ2) is 10.9. The van der Waals surface area contributed by atoms with Crippen molar-refractivity contribution in [2.75, 3.05) is 40.3 Å². The highest BCUT2D eigenvalue weighted by Gasteiger charge is 2.15. The minimum absolute atomic E-state index is 0. The average Bonchev–Trinajstić information content (AvgIpc) is 2.53. The van der Waals surface area contributed by atoms with Crippen molar-refractivity contribution in [1.82, 2.24) is 15.1 Å². The summed E-state index contributed by atoms with van der Waals surface area (Å²) < 4.78 is 0. The molecule has 130 valence electrons. The summed E-state index contributed by atoms with van der Waals surface area (Å²) in [6.45, 7) is 7.62. The van der Waals surface area contributed by atoms with E-state index in [2.05, 4.69) is 46.3 Å². The van der Waals surface area contributed by atoms with Gasteiger partial charge >= 0.3 is 0 Å². The molecule has 0 aliphatic carbocycles. The zero-order valence-corrected chi connectivity index (χ0v) is 17.0. The minimum Gasteiger partial charge on any atom is -0.355 e. The van der Waals surface area contributed by atoms with Crippen molar-refractivity contribution in [2.45, 2.75) is 26.3 Å². The molecule has 1 aliphatic heterocycles. The Balaban J connectivity index is 0.00000264. The number of nitrogens with one attached hydrogen (secondary N) is 1. The Labute approximate surface area is 158 Å². The van der Waals surface area contributed by atoms with Crippen molar-refractivity contribution < 1.29 is 0 Å². The number of hydrogen-bond acceptors (Lipinski definition) is 2. The molecule has 0 spiro atoms. The molecule has 1 N–H and O–H groups in total. The van der Waals surface area contributed by atoms with E-state index in [0.717, 1.165) is 31.5 Å². The zero-order valence-electron chi connectivity index (χ0n) is 14.7. The number of piperidine rings is 1. The highest BCUT2D eigenvalue weighted by atomic mass is 127. The Bertz CT molecular complexity index is 453. The van der Waals surface area contributed by atoms with Crippen LogP contribution in [0.5, 0.6) is 0 Å². The van der Waals surface area contributed by atoms with Gasteiger partial charge in [0, 0.05) is 27.2 Å². The first-order valence-electron chi connectivity index (χ1n) is 8.37. The first kappa shape index (κ1) is 20.2. The Morgan fingerprint density at radius 1 is 1.22 bits per heavy atom. The molecule has 0 radical (unpaired) electrons. The van der Waals surface area contributed by atoms with E-state index in [9.17, 15) is 0 Å². The van der Waals surface area contributed by atoms with Gasteiger partial charge in [-0.3, -0.25) is 0 Å². The van der Waals surface area contributed by atoms with E-state index in [1.54, 1.807) is 0 Å². The van der Waals surface area contributed by atoms with E-state index in [1.165, 1.54) is 31.5 Å². The molecule has 0 aromatic heterocycles. The molecule has 1 aliphatic rings. The number of aliphatic imine (C=N–C) groups is 1. The number of hydrogen-bond donors (Lipinski definition) is 1. The summed E-state index contributed by atoms with van der Waals surface area (Å²) in [6.07, 6.45) is 2.67. The topological polar surface area (TPSA) is 30.9 Å². The molecule has 0 saturated carbocycles. The van der Waals surface area contributed by atoms with Gasteiger partial charge in [0.15, 0.2) is 5.96 Å². The molecule has 0 atom stereocenters. The quantitative estimate of drug-likeness (QED) is 0.443. The van der Waals surface area contributed by atoms with Crippen LogP contribution in [-0.2, 0) is 6.54 Å². The van der Waals surface area contributed by atoms with Crippen LogP contribution in [0, 0.1) is 5.92 Å².